The van der Waals surface area contributed by atoms with Crippen LogP contribution in [0.15, 0.2) is 29.2 Å². The molecule has 1 unspecified atom stereocenters. The van der Waals surface area contributed by atoms with Crippen LogP contribution < -0.4 is 11.0 Å². The summed E-state index contributed by atoms with van der Waals surface area (Å²) >= 11 is 0. The molecule has 3 heterocycles. The summed E-state index contributed by atoms with van der Waals surface area (Å²) in [6.07, 6.45) is 4.09. The molecular weight excluding hydrogens is 282 g/mol. The molecule has 0 aliphatic carbocycles. The molecule has 22 heavy (non-hydrogen) atoms. The van der Waals surface area contributed by atoms with Gasteiger partial charge in [0, 0.05) is 31.7 Å². The highest BCUT2D eigenvalue weighted by Crippen LogP contribution is 2.17. The van der Waals surface area contributed by atoms with Gasteiger partial charge in [-0.05, 0) is 32.0 Å². The van der Waals surface area contributed by atoms with Gasteiger partial charge in [-0.15, -0.1) is 5.10 Å². The third-order valence-corrected chi connectivity index (χ3v) is 4.16. The summed E-state index contributed by atoms with van der Waals surface area (Å²) < 4.78 is 2.86. The number of pyridine rings is 1. The highest BCUT2D eigenvalue weighted by Gasteiger charge is 2.27. The molecule has 1 saturated heterocycles. The Labute approximate surface area is 128 Å². The van der Waals surface area contributed by atoms with Gasteiger partial charge in [-0.1, -0.05) is 6.07 Å². The number of carbonyl (C=O) groups excluding carboxylic acids is 1. The second-order valence-corrected chi connectivity index (χ2v) is 5.63. The van der Waals surface area contributed by atoms with Gasteiger partial charge in [0.2, 0.25) is 5.91 Å². The van der Waals surface area contributed by atoms with Crippen molar-refractivity contribution in [3.63, 3.8) is 0 Å². The van der Waals surface area contributed by atoms with E-state index in [0.717, 1.165) is 25.9 Å². The largest absolute Gasteiger partial charge is 0.350 e. The molecule has 7 heteroatoms. The standard InChI is InChI=1S/C15H21N5O2/c1-16-11-12-5-4-9-18(12)14(21)7-10-20-15(22)19-8-3-2-6-13(19)17-20/h2-3,6,8,12,16H,4-5,7,9-11H2,1H3. The van der Waals surface area contributed by atoms with Crippen LogP contribution >= 0.6 is 0 Å². The van der Waals surface area contributed by atoms with Crippen molar-refractivity contribution in [3.8, 4) is 0 Å². The van der Waals surface area contributed by atoms with E-state index >= 15 is 0 Å². The average molecular weight is 303 g/mol. The Bertz CT molecular complexity index is 720. The zero-order valence-electron chi connectivity index (χ0n) is 12.7. The van der Waals surface area contributed by atoms with Gasteiger partial charge in [-0.3, -0.25) is 9.20 Å². The van der Waals surface area contributed by atoms with E-state index in [4.69, 9.17) is 0 Å². The third kappa shape index (κ3) is 2.76. The number of rotatable bonds is 5. The van der Waals surface area contributed by atoms with Gasteiger partial charge in [0.15, 0.2) is 5.65 Å². The van der Waals surface area contributed by atoms with Crippen molar-refractivity contribution >= 4 is 11.6 Å². The van der Waals surface area contributed by atoms with Crippen LogP contribution in [0.4, 0.5) is 0 Å². The Morgan fingerprint density at radius 2 is 2.32 bits per heavy atom. The van der Waals surface area contributed by atoms with Crippen molar-refractivity contribution in [3.05, 3.63) is 34.9 Å². The monoisotopic (exact) mass is 303 g/mol. The lowest BCUT2D eigenvalue weighted by atomic mass is 10.2. The molecule has 0 saturated carbocycles. The molecule has 1 N–H and O–H groups in total. The van der Waals surface area contributed by atoms with Crippen LogP contribution in [-0.4, -0.2) is 51.2 Å². The van der Waals surface area contributed by atoms with E-state index in [9.17, 15) is 9.59 Å². The second kappa shape index (κ2) is 6.31. The van der Waals surface area contributed by atoms with Crippen LogP contribution in [0.2, 0.25) is 0 Å². The lowest BCUT2D eigenvalue weighted by Crippen LogP contribution is -2.41. The highest BCUT2D eigenvalue weighted by molar-refractivity contribution is 5.76. The van der Waals surface area contributed by atoms with Crippen molar-refractivity contribution in [2.24, 2.45) is 0 Å². The number of hydrogen-bond acceptors (Lipinski definition) is 4. The van der Waals surface area contributed by atoms with Gasteiger partial charge in [-0.2, -0.15) is 0 Å². The molecule has 0 aromatic carbocycles. The molecule has 1 aliphatic rings. The van der Waals surface area contributed by atoms with E-state index < -0.39 is 0 Å². The topological polar surface area (TPSA) is 71.6 Å². The van der Waals surface area contributed by atoms with Crippen molar-refractivity contribution in [1.29, 1.82) is 0 Å². The molecule has 7 nitrogen and oxygen atoms in total. The zero-order chi connectivity index (χ0) is 15.5. The average Bonchev–Trinajstić information content (AvgIpc) is 3.11. The summed E-state index contributed by atoms with van der Waals surface area (Å²) in [6.45, 7) is 1.95. The molecule has 0 spiro atoms. The molecule has 1 atom stereocenters. The summed E-state index contributed by atoms with van der Waals surface area (Å²) in [5, 5.41) is 7.38. The number of aryl methyl sites for hydroxylation is 1. The predicted molar refractivity (Wildman–Crippen MR) is 82.7 cm³/mol. The number of carbonyl (C=O) groups is 1. The molecule has 0 radical (unpaired) electrons. The number of likely N-dealkylation sites (tertiary alicyclic amines) is 1. The van der Waals surface area contributed by atoms with Gasteiger partial charge in [-0.25, -0.2) is 9.48 Å². The number of aromatic nitrogens is 3. The lowest BCUT2D eigenvalue weighted by Gasteiger charge is -2.24. The van der Waals surface area contributed by atoms with Gasteiger partial charge in [0.1, 0.15) is 0 Å². The van der Waals surface area contributed by atoms with Gasteiger partial charge >= 0.3 is 5.69 Å². The first-order valence-corrected chi connectivity index (χ1v) is 7.69. The quantitative estimate of drug-likeness (QED) is 0.850. The summed E-state index contributed by atoms with van der Waals surface area (Å²) in [4.78, 5) is 26.5. The van der Waals surface area contributed by atoms with Crippen molar-refractivity contribution in [1.82, 2.24) is 24.4 Å². The number of hydrogen-bond donors (Lipinski definition) is 1. The van der Waals surface area contributed by atoms with E-state index in [-0.39, 0.29) is 17.6 Å². The molecule has 1 aliphatic heterocycles. The molecule has 1 amide bonds. The molecule has 2 aromatic rings. The highest BCUT2D eigenvalue weighted by atomic mass is 16.2. The fourth-order valence-electron chi connectivity index (χ4n) is 3.07. The normalized spacial score (nSPS) is 18.2. The van der Waals surface area contributed by atoms with Crippen LogP contribution in [-0.2, 0) is 11.3 Å². The van der Waals surface area contributed by atoms with Crippen molar-refractivity contribution < 1.29 is 4.79 Å². The maximum atomic E-state index is 12.4. The Hall–Kier alpha value is -2.15. The zero-order valence-corrected chi connectivity index (χ0v) is 12.7. The molecule has 0 bridgehead atoms. The van der Waals surface area contributed by atoms with Crippen LogP contribution in [0.25, 0.3) is 5.65 Å². The van der Waals surface area contributed by atoms with Crippen LogP contribution in [0.5, 0.6) is 0 Å². The predicted octanol–water partition coefficient (Wildman–Crippen LogP) is 0.0965. The molecular formula is C15H21N5O2. The van der Waals surface area contributed by atoms with Crippen molar-refractivity contribution in [2.45, 2.75) is 31.8 Å². The summed E-state index contributed by atoms with van der Waals surface area (Å²) in [5.41, 5.74) is 0.408. The molecule has 118 valence electrons. The Balaban J connectivity index is 1.67. The van der Waals surface area contributed by atoms with Crippen LogP contribution in [0.3, 0.4) is 0 Å². The van der Waals surface area contributed by atoms with Gasteiger partial charge in [0.25, 0.3) is 0 Å². The number of nitrogens with zero attached hydrogens (tertiary/aromatic N) is 4. The minimum Gasteiger partial charge on any atom is -0.338 e. The van der Waals surface area contributed by atoms with E-state index in [1.165, 1.54) is 9.08 Å². The first kappa shape index (κ1) is 14.8. The maximum absolute atomic E-state index is 12.4. The van der Waals surface area contributed by atoms with Crippen LogP contribution in [0, 0.1) is 0 Å². The first-order valence-electron chi connectivity index (χ1n) is 7.69. The molecule has 3 rings (SSSR count). The first-order chi connectivity index (χ1) is 10.7. The number of amides is 1. The number of likely N-dealkylation sites (N-methyl/N-ethyl adjacent to an activating group) is 1. The number of nitrogens with one attached hydrogen (secondary N) is 1. The Morgan fingerprint density at radius 1 is 1.45 bits per heavy atom. The third-order valence-electron chi connectivity index (χ3n) is 4.16. The molecule has 1 fully saturated rings. The number of fused-ring (bicyclic) bond motifs is 1. The van der Waals surface area contributed by atoms with Crippen molar-refractivity contribution in [2.75, 3.05) is 20.1 Å². The maximum Gasteiger partial charge on any atom is 0.350 e. The van der Waals surface area contributed by atoms with E-state index in [1.54, 1.807) is 18.3 Å². The second-order valence-electron chi connectivity index (χ2n) is 5.63. The Morgan fingerprint density at radius 3 is 3.09 bits per heavy atom. The van der Waals surface area contributed by atoms with E-state index in [2.05, 4.69) is 10.4 Å². The van der Waals surface area contributed by atoms with Gasteiger partial charge < -0.3 is 10.2 Å². The molecule has 2 aromatic heterocycles. The van der Waals surface area contributed by atoms with Gasteiger partial charge in [0.05, 0.1) is 6.54 Å². The Kier molecular flexibility index (Phi) is 4.24. The lowest BCUT2D eigenvalue weighted by molar-refractivity contribution is -0.132. The fourth-order valence-corrected chi connectivity index (χ4v) is 3.07. The summed E-state index contributed by atoms with van der Waals surface area (Å²) in [7, 11) is 1.90. The summed E-state index contributed by atoms with van der Waals surface area (Å²) in [5.74, 6) is 0.0988. The fraction of sp³-hybridized carbons (Fsp3) is 0.533. The minimum atomic E-state index is -0.198. The minimum absolute atomic E-state index is 0.0988. The SMILES string of the molecule is CNCC1CCCN1C(=O)CCn1nc2ccccn2c1=O. The van der Waals surface area contributed by atoms with E-state index in [1.807, 2.05) is 18.0 Å². The summed E-state index contributed by atoms with van der Waals surface area (Å²) in [6, 6.07) is 5.68. The van der Waals surface area contributed by atoms with Crippen LogP contribution in [0.1, 0.15) is 19.3 Å². The van der Waals surface area contributed by atoms with E-state index in [0.29, 0.717) is 18.6 Å². The smallest absolute Gasteiger partial charge is 0.338 e.